The maximum atomic E-state index is 13.4. The zero-order chi connectivity index (χ0) is 19.4. The fourth-order valence-corrected chi connectivity index (χ4v) is 3.54. The molecule has 160 valence electrons. The summed E-state index contributed by atoms with van der Waals surface area (Å²) >= 11 is 0. The van der Waals surface area contributed by atoms with Gasteiger partial charge in [0.15, 0.2) is 0 Å². The van der Waals surface area contributed by atoms with Crippen molar-refractivity contribution in [2.24, 2.45) is 5.73 Å². The average Bonchev–Trinajstić information content (AvgIpc) is 2.65. The Morgan fingerprint density at radius 3 is 2.76 bits per heavy atom. The Kier molecular flexibility index (Phi) is 9.76. The summed E-state index contributed by atoms with van der Waals surface area (Å²) in [5.41, 5.74) is 7.04. The second-order valence-electron chi connectivity index (χ2n) is 6.95. The molecule has 6 nitrogen and oxygen atoms in total. The van der Waals surface area contributed by atoms with Crippen molar-refractivity contribution in [1.29, 1.82) is 0 Å². The standard InChI is InChI=1S/C20H25FN4O2.2ClH/c1-13-17(10-14-5-6-15(21)11-18(14)24-13)20(27)25-9-3-2-4-16(25)12-23-19(26)7-8-22;;/h5-6,10-11,16H,2-4,7-9,12,22H2,1H3,(H,23,26);2*1H. The number of aromatic nitrogens is 1. The summed E-state index contributed by atoms with van der Waals surface area (Å²) < 4.78 is 13.4. The molecule has 2 amide bonds. The Morgan fingerprint density at radius 1 is 1.28 bits per heavy atom. The molecule has 3 N–H and O–H groups in total. The number of nitrogens with one attached hydrogen (secondary N) is 1. The third-order valence-electron chi connectivity index (χ3n) is 4.99. The van der Waals surface area contributed by atoms with Gasteiger partial charge in [-0.15, -0.1) is 24.8 Å². The van der Waals surface area contributed by atoms with Crippen molar-refractivity contribution in [3.63, 3.8) is 0 Å². The van der Waals surface area contributed by atoms with Gasteiger partial charge in [0.1, 0.15) is 5.82 Å². The molecule has 1 aliphatic rings. The molecule has 0 aliphatic carbocycles. The molecular formula is C20H27Cl2FN4O2. The van der Waals surface area contributed by atoms with Crippen molar-refractivity contribution in [2.75, 3.05) is 19.6 Å². The quantitative estimate of drug-likeness (QED) is 0.741. The van der Waals surface area contributed by atoms with Gasteiger partial charge in [-0.05, 0) is 44.4 Å². The predicted molar refractivity (Wildman–Crippen MR) is 116 cm³/mol. The molecule has 29 heavy (non-hydrogen) atoms. The van der Waals surface area contributed by atoms with E-state index < -0.39 is 0 Å². The zero-order valence-corrected chi connectivity index (χ0v) is 18.0. The van der Waals surface area contributed by atoms with Gasteiger partial charge in [-0.2, -0.15) is 0 Å². The van der Waals surface area contributed by atoms with Crippen molar-refractivity contribution < 1.29 is 14.0 Å². The number of carbonyl (C=O) groups excluding carboxylic acids is 2. The minimum atomic E-state index is -0.349. The number of hydrogen-bond acceptors (Lipinski definition) is 4. The lowest BCUT2D eigenvalue weighted by Crippen LogP contribution is -2.49. The number of carbonyl (C=O) groups is 2. The number of benzene rings is 1. The van der Waals surface area contributed by atoms with Crippen LogP contribution in [0.3, 0.4) is 0 Å². The molecule has 0 bridgehead atoms. The second-order valence-corrected chi connectivity index (χ2v) is 6.95. The average molecular weight is 445 g/mol. The molecule has 0 saturated carbocycles. The van der Waals surface area contributed by atoms with Crippen molar-refractivity contribution in [3.05, 3.63) is 41.3 Å². The van der Waals surface area contributed by atoms with Gasteiger partial charge in [0.25, 0.3) is 5.91 Å². The highest BCUT2D eigenvalue weighted by atomic mass is 35.5. The Morgan fingerprint density at radius 2 is 2.03 bits per heavy atom. The minimum absolute atomic E-state index is 0. The van der Waals surface area contributed by atoms with Crippen LogP contribution < -0.4 is 11.1 Å². The number of hydrogen-bond donors (Lipinski definition) is 2. The van der Waals surface area contributed by atoms with E-state index in [1.54, 1.807) is 19.1 Å². The first-order valence-electron chi connectivity index (χ1n) is 9.34. The molecule has 1 fully saturated rings. The maximum Gasteiger partial charge on any atom is 0.256 e. The van der Waals surface area contributed by atoms with Crippen molar-refractivity contribution in [1.82, 2.24) is 15.2 Å². The summed E-state index contributed by atoms with van der Waals surface area (Å²) in [4.78, 5) is 31.1. The second kappa shape index (κ2) is 11.3. The van der Waals surface area contributed by atoms with Crippen LogP contribution in [-0.2, 0) is 4.79 Å². The van der Waals surface area contributed by atoms with E-state index >= 15 is 0 Å². The van der Waals surface area contributed by atoms with Crippen molar-refractivity contribution >= 4 is 47.5 Å². The summed E-state index contributed by atoms with van der Waals surface area (Å²) in [7, 11) is 0. The largest absolute Gasteiger partial charge is 0.354 e. The number of rotatable bonds is 5. The Bertz CT molecular complexity index is 866. The van der Waals surface area contributed by atoms with Crippen LogP contribution in [0.1, 0.15) is 41.7 Å². The number of fused-ring (bicyclic) bond motifs is 1. The highest BCUT2D eigenvalue weighted by molar-refractivity contribution is 5.99. The van der Waals surface area contributed by atoms with Gasteiger partial charge in [-0.25, -0.2) is 4.39 Å². The molecule has 1 saturated heterocycles. The molecule has 2 heterocycles. The third-order valence-corrected chi connectivity index (χ3v) is 4.99. The summed E-state index contributed by atoms with van der Waals surface area (Å²) in [6, 6.07) is 6.10. The van der Waals surface area contributed by atoms with Gasteiger partial charge in [0.05, 0.1) is 16.8 Å². The van der Waals surface area contributed by atoms with E-state index in [0.29, 0.717) is 36.4 Å². The number of halogens is 3. The lowest BCUT2D eigenvalue weighted by molar-refractivity contribution is -0.121. The fraction of sp³-hybridized carbons (Fsp3) is 0.450. The maximum absolute atomic E-state index is 13.4. The van der Waals surface area contributed by atoms with Gasteiger partial charge < -0.3 is 16.0 Å². The Balaban J connectivity index is 0.00000210. The van der Waals surface area contributed by atoms with Crippen LogP contribution in [-0.4, -0.2) is 47.4 Å². The molecular weight excluding hydrogens is 418 g/mol. The topological polar surface area (TPSA) is 88.3 Å². The Hall–Kier alpha value is -1.96. The van der Waals surface area contributed by atoms with E-state index in [1.165, 1.54) is 12.1 Å². The first-order valence-corrected chi connectivity index (χ1v) is 9.34. The molecule has 1 atom stereocenters. The molecule has 1 aromatic heterocycles. The summed E-state index contributed by atoms with van der Waals surface area (Å²) in [6.45, 7) is 3.15. The smallest absolute Gasteiger partial charge is 0.256 e. The summed E-state index contributed by atoms with van der Waals surface area (Å²) in [5, 5.41) is 3.60. The van der Waals surface area contributed by atoms with Gasteiger partial charge in [-0.1, -0.05) is 0 Å². The predicted octanol–water partition coefficient (Wildman–Crippen LogP) is 2.99. The molecule has 1 aromatic carbocycles. The van der Waals surface area contributed by atoms with Crippen molar-refractivity contribution in [2.45, 2.75) is 38.6 Å². The first kappa shape index (κ1) is 25.1. The number of aryl methyl sites for hydroxylation is 1. The van der Waals surface area contributed by atoms with Crippen LogP contribution in [0.2, 0.25) is 0 Å². The first-order chi connectivity index (χ1) is 13.0. The van der Waals surface area contributed by atoms with E-state index in [0.717, 1.165) is 24.6 Å². The van der Waals surface area contributed by atoms with Crippen LogP contribution in [0.15, 0.2) is 24.3 Å². The highest BCUT2D eigenvalue weighted by Crippen LogP contribution is 2.23. The SMILES string of the molecule is Cc1nc2cc(F)ccc2cc1C(=O)N1CCCCC1CNC(=O)CCN.Cl.Cl. The lowest BCUT2D eigenvalue weighted by atomic mass is 9.99. The summed E-state index contributed by atoms with van der Waals surface area (Å²) in [5.74, 6) is -0.539. The molecule has 9 heteroatoms. The van der Waals surface area contributed by atoms with Gasteiger partial charge in [-0.3, -0.25) is 14.6 Å². The molecule has 0 spiro atoms. The van der Waals surface area contributed by atoms with Gasteiger partial charge in [0.2, 0.25) is 5.91 Å². The number of nitrogens with two attached hydrogens (primary N) is 1. The van der Waals surface area contributed by atoms with E-state index in [2.05, 4.69) is 10.3 Å². The van der Waals surface area contributed by atoms with Crippen molar-refractivity contribution in [3.8, 4) is 0 Å². The molecule has 3 rings (SSSR count). The van der Waals surface area contributed by atoms with Crippen LogP contribution in [0.4, 0.5) is 4.39 Å². The molecule has 1 aliphatic heterocycles. The van der Waals surface area contributed by atoms with Crippen LogP contribution in [0, 0.1) is 12.7 Å². The zero-order valence-electron chi connectivity index (χ0n) is 16.3. The fourth-order valence-electron chi connectivity index (χ4n) is 3.54. The summed E-state index contributed by atoms with van der Waals surface area (Å²) in [6.07, 6.45) is 3.09. The number of pyridine rings is 1. The minimum Gasteiger partial charge on any atom is -0.354 e. The van der Waals surface area contributed by atoms with E-state index in [-0.39, 0.29) is 54.9 Å². The van der Waals surface area contributed by atoms with E-state index in [1.807, 2.05) is 4.90 Å². The van der Waals surface area contributed by atoms with Gasteiger partial charge >= 0.3 is 0 Å². The van der Waals surface area contributed by atoms with Gasteiger partial charge in [0, 0.05) is 43.5 Å². The highest BCUT2D eigenvalue weighted by Gasteiger charge is 2.29. The number of likely N-dealkylation sites (tertiary alicyclic amines) is 1. The third kappa shape index (κ3) is 6.01. The Labute approximate surface area is 182 Å². The van der Waals surface area contributed by atoms with Crippen LogP contribution >= 0.6 is 24.8 Å². The van der Waals surface area contributed by atoms with Crippen LogP contribution in [0.25, 0.3) is 10.9 Å². The van der Waals surface area contributed by atoms with E-state index in [9.17, 15) is 14.0 Å². The van der Waals surface area contributed by atoms with Crippen LogP contribution in [0.5, 0.6) is 0 Å². The number of amides is 2. The van der Waals surface area contributed by atoms with E-state index in [4.69, 9.17) is 5.73 Å². The lowest BCUT2D eigenvalue weighted by Gasteiger charge is -2.36. The number of nitrogens with zero attached hydrogens (tertiary/aromatic N) is 2. The molecule has 2 aromatic rings. The molecule has 1 unspecified atom stereocenters. The molecule has 0 radical (unpaired) electrons. The number of piperidine rings is 1. The normalized spacial score (nSPS) is 16.0. The monoisotopic (exact) mass is 444 g/mol.